The van der Waals surface area contributed by atoms with Crippen LogP contribution >= 0.6 is 22.6 Å². The van der Waals surface area contributed by atoms with Gasteiger partial charge in [0.1, 0.15) is 5.75 Å². The Balaban J connectivity index is 2.26. The molecule has 0 saturated carbocycles. The van der Waals surface area contributed by atoms with Gasteiger partial charge in [0.05, 0.1) is 17.8 Å². The number of carboxylic acids is 1. The van der Waals surface area contributed by atoms with Crippen LogP contribution in [0.5, 0.6) is 5.75 Å². The number of rotatable bonds is 9. The van der Waals surface area contributed by atoms with Gasteiger partial charge in [-0.05, 0) is 76.2 Å². The largest absolute Gasteiger partial charge is 0.496 e. The second-order valence-corrected chi connectivity index (χ2v) is 7.38. The van der Waals surface area contributed by atoms with E-state index in [9.17, 15) is 9.59 Å². The molecule has 27 heavy (non-hydrogen) atoms. The molecule has 5 nitrogen and oxygen atoms in total. The zero-order valence-corrected chi connectivity index (χ0v) is 17.6. The standard InChI is InChI=1S/C21H23IO5/c1-26-19-13-17(16(12-18(19)22)7-9-21(25)27-2)11-15-5-3-4-14(10-15)6-8-20(23)24/h3-5,10,12-13H,6-9,11H2,1-2H3,(H,23,24). The summed E-state index contributed by atoms with van der Waals surface area (Å²) in [5, 5.41) is 8.87. The molecule has 0 aliphatic carbocycles. The van der Waals surface area contributed by atoms with E-state index < -0.39 is 5.97 Å². The zero-order chi connectivity index (χ0) is 19.8. The Morgan fingerprint density at radius 1 is 1.00 bits per heavy atom. The fourth-order valence-electron chi connectivity index (χ4n) is 2.90. The van der Waals surface area contributed by atoms with E-state index in [2.05, 4.69) is 22.6 Å². The number of ether oxygens (including phenoxy) is 2. The summed E-state index contributed by atoms with van der Waals surface area (Å²) >= 11 is 2.23. The third-order valence-corrected chi connectivity index (χ3v) is 5.16. The highest BCUT2D eigenvalue weighted by Crippen LogP contribution is 2.28. The van der Waals surface area contributed by atoms with Crippen molar-refractivity contribution >= 4 is 34.5 Å². The Morgan fingerprint density at radius 2 is 1.74 bits per heavy atom. The molecule has 0 bridgehead atoms. The van der Waals surface area contributed by atoms with Gasteiger partial charge in [0.15, 0.2) is 0 Å². The van der Waals surface area contributed by atoms with E-state index in [1.165, 1.54) is 7.11 Å². The topological polar surface area (TPSA) is 72.8 Å². The Labute approximate surface area is 172 Å². The van der Waals surface area contributed by atoms with Crippen LogP contribution in [0.3, 0.4) is 0 Å². The summed E-state index contributed by atoms with van der Waals surface area (Å²) in [6.45, 7) is 0. The van der Waals surface area contributed by atoms with Crippen molar-refractivity contribution < 1.29 is 24.2 Å². The molecule has 0 amide bonds. The van der Waals surface area contributed by atoms with Crippen molar-refractivity contribution in [3.05, 3.63) is 62.2 Å². The molecular formula is C21H23IO5. The lowest BCUT2D eigenvalue weighted by Gasteiger charge is -2.14. The van der Waals surface area contributed by atoms with Crippen molar-refractivity contribution in [3.63, 3.8) is 0 Å². The van der Waals surface area contributed by atoms with Gasteiger partial charge in [-0.2, -0.15) is 0 Å². The van der Waals surface area contributed by atoms with E-state index in [0.29, 0.717) is 25.7 Å². The second-order valence-electron chi connectivity index (χ2n) is 6.22. The van der Waals surface area contributed by atoms with Gasteiger partial charge in [-0.3, -0.25) is 9.59 Å². The third kappa shape index (κ3) is 6.53. The maximum Gasteiger partial charge on any atom is 0.305 e. The van der Waals surface area contributed by atoms with Crippen LogP contribution < -0.4 is 4.74 Å². The van der Waals surface area contributed by atoms with Crippen LogP contribution in [-0.4, -0.2) is 31.3 Å². The van der Waals surface area contributed by atoms with E-state index in [1.54, 1.807) is 7.11 Å². The molecule has 2 aromatic carbocycles. The van der Waals surface area contributed by atoms with Crippen molar-refractivity contribution in [2.45, 2.75) is 32.1 Å². The summed E-state index contributed by atoms with van der Waals surface area (Å²) in [5.74, 6) is -0.232. The van der Waals surface area contributed by atoms with Gasteiger partial charge in [-0.15, -0.1) is 0 Å². The molecule has 144 valence electrons. The van der Waals surface area contributed by atoms with Crippen LogP contribution in [0.15, 0.2) is 36.4 Å². The molecular weight excluding hydrogens is 459 g/mol. The molecule has 6 heteroatoms. The summed E-state index contributed by atoms with van der Waals surface area (Å²) in [6.07, 6.45) is 2.23. The molecule has 0 aliphatic rings. The number of benzene rings is 2. The zero-order valence-electron chi connectivity index (χ0n) is 15.5. The number of aliphatic carboxylic acids is 1. The van der Waals surface area contributed by atoms with E-state index in [-0.39, 0.29) is 12.4 Å². The average Bonchev–Trinajstić information content (AvgIpc) is 2.66. The minimum atomic E-state index is -0.798. The second kappa shape index (κ2) is 10.3. The lowest BCUT2D eigenvalue weighted by Crippen LogP contribution is -2.05. The molecule has 0 unspecified atom stereocenters. The van der Waals surface area contributed by atoms with Crippen LogP contribution in [0.1, 0.15) is 35.1 Å². The number of halogens is 1. The number of hydrogen-bond acceptors (Lipinski definition) is 4. The molecule has 0 saturated heterocycles. The van der Waals surface area contributed by atoms with E-state index >= 15 is 0 Å². The Bertz CT molecular complexity index is 816. The predicted octanol–water partition coefficient (Wildman–Crippen LogP) is 4.01. The van der Waals surface area contributed by atoms with Crippen LogP contribution in [0, 0.1) is 3.57 Å². The van der Waals surface area contributed by atoms with E-state index in [4.69, 9.17) is 14.6 Å². The monoisotopic (exact) mass is 482 g/mol. The normalized spacial score (nSPS) is 10.5. The minimum absolute atomic E-state index is 0.116. The van der Waals surface area contributed by atoms with Crippen molar-refractivity contribution in [1.29, 1.82) is 0 Å². The maximum absolute atomic E-state index is 11.5. The van der Waals surface area contributed by atoms with Gasteiger partial charge in [0.2, 0.25) is 0 Å². The predicted molar refractivity (Wildman–Crippen MR) is 111 cm³/mol. The first-order valence-corrected chi connectivity index (χ1v) is 9.72. The van der Waals surface area contributed by atoms with Gasteiger partial charge in [0.25, 0.3) is 0 Å². The fraction of sp³-hybridized carbons (Fsp3) is 0.333. The SMILES string of the molecule is COC(=O)CCc1cc(I)c(OC)cc1Cc1cccc(CCC(=O)O)c1. The number of aryl methyl sites for hydroxylation is 2. The van der Waals surface area contributed by atoms with Crippen molar-refractivity contribution in [3.8, 4) is 5.75 Å². The number of carboxylic acid groups (broad SMARTS) is 1. The van der Waals surface area contributed by atoms with Gasteiger partial charge >= 0.3 is 11.9 Å². The maximum atomic E-state index is 11.5. The number of esters is 1. The summed E-state index contributed by atoms with van der Waals surface area (Å²) < 4.78 is 11.2. The molecule has 0 fully saturated rings. The van der Waals surface area contributed by atoms with E-state index in [0.717, 1.165) is 31.6 Å². The van der Waals surface area contributed by atoms with Crippen molar-refractivity contribution in [1.82, 2.24) is 0 Å². The van der Waals surface area contributed by atoms with Gasteiger partial charge in [0, 0.05) is 12.8 Å². The first kappa shape index (κ1) is 21.2. The molecule has 0 aliphatic heterocycles. The molecule has 1 N–H and O–H groups in total. The average molecular weight is 482 g/mol. The van der Waals surface area contributed by atoms with Crippen LogP contribution in [-0.2, 0) is 33.6 Å². The Hall–Kier alpha value is -2.09. The molecule has 0 aromatic heterocycles. The highest BCUT2D eigenvalue weighted by atomic mass is 127. The summed E-state index contributed by atoms with van der Waals surface area (Å²) in [6, 6.07) is 12.0. The van der Waals surface area contributed by atoms with Gasteiger partial charge < -0.3 is 14.6 Å². The van der Waals surface area contributed by atoms with Crippen LogP contribution in [0.25, 0.3) is 0 Å². The van der Waals surface area contributed by atoms with Crippen molar-refractivity contribution in [2.24, 2.45) is 0 Å². The first-order valence-electron chi connectivity index (χ1n) is 8.64. The van der Waals surface area contributed by atoms with Crippen LogP contribution in [0.2, 0.25) is 0 Å². The third-order valence-electron chi connectivity index (χ3n) is 4.31. The molecule has 0 atom stereocenters. The Morgan fingerprint density at radius 3 is 2.41 bits per heavy atom. The molecule has 0 radical (unpaired) electrons. The first-order chi connectivity index (χ1) is 12.9. The van der Waals surface area contributed by atoms with Gasteiger partial charge in [-0.25, -0.2) is 0 Å². The molecule has 0 heterocycles. The van der Waals surface area contributed by atoms with E-state index in [1.807, 2.05) is 36.4 Å². The quantitative estimate of drug-likeness (QED) is 0.432. The van der Waals surface area contributed by atoms with Crippen molar-refractivity contribution in [2.75, 3.05) is 14.2 Å². The highest BCUT2D eigenvalue weighted by Gasteiger charge is 2.12. The smallest absolute Gasteiger partial charge is 0.305 e. The molecule has 0 spiro atoms. The summed E-state index contributed by atoms with van der Waals surface area (Å²) in [4.78, 5) is 22.3. The minimum Gasteiger partial charge on any atom is -0.496 e. The van der Waals surface area contributed by atoms with Crippen LogP contribution in [0.4, 0.5) is 0 Å². The number of hydrogen-bond donors (Lipinski definition) is 1. The molecule has 2 aromatic rings. The lowest BCUT2D eigenvalue weighted by molar-refractivity contribution is -0.140. The Kier molecular flexibility index (Phi) is 8.09. The molecule has 2 rings (SSSR count). The lowest BCUT2D eigenvalue weighted by atomic mass is 9.95. The number of carbonyl (C=O) groups excluding carboxylic acids is 1. The summed E-state index contributed by atoms with van der Waals surface area (Å²) in [5.41, 5.74) is 4.28. The fourth-order valence-corrected chi connectivity index (χ4v) is 3.65. The number of carbonyl (C=O) groups is 2. The summed E-state index contributed by atoms with van der Waals surface area (Å²) in [7, 11) is 3.03. The number of methoxy groups -OCH3 is 2. The van der Waals surface area contributed by atoms with Gasteiger partial charge in [-0.1, -0.05) is 24.3 Å². The highest BCUT2D eigenvalue weighted by molar-refractivity contribution is 14.1.